The third-order valence-corrected chi connectivity index (χ3v) is 7.56. The van der Waals surface area contributed by atoms with Gasteiger partial charge in [-0.3, -0.25) is 29.8 Å². The van der Waals surface area contributed by atoms with E-state index in [2.05, 4.69) is 10.9 Å². The van der Waals surface area contributed by atoms with Crippen LogP contribution in [0.1, 0.15) is 28.8 Å². The van der Waals surface area contributed by atoms with Crippen LogP contribution in [-0.4, -0.2) is 40.8 Å². The van der Waals surface area contributed by atoms with Gasteiger partial charge in [0, 0.05) is 25.1 Å². The van der Waals surface area contributed by atoms with Crippen molar-refractivity contribution in [3.63, 3.8) is 0 Å². The van der Waals surface area contributed by atoms with Crippen molar-refractivity contribution in [2.24, 2.45) is 0 Å². The summed E-state index contributed by atoms with van der Waals surface area (Å²) in [4.78, 5) is 44.4. The Morgan fingerprint density at radius 1 is 1.18 bits per heavy atom. The Balaban J connectivity index is 1.42. The van der Waals surface area contributed by atoms with E-state index in [0.29, 0.717) is 24.7 Å². The number of nitrogens with one attached hydrogen (secondary N) is 2. The maximum atomic E-state index is 13.3. The summed E-state index contributed by atoms with van der Waals surface area (Å²) in [5.74, 6) is -0.643. The van der Waals surface area contributed by atoms with Gasteiger partial charge in [-0.1, -0.05) is 42.1 Å². The minimum Gasteiger partial charge on any atom is -0.385 e. The number of thioether (sulfide) groups is 1. The van der Waals surface area contributed by atoms with Crippen LogP contribution in [0.2, 0.25) is 0 Å². The molecule has 10 heteroatoms. The van der Waals surface area contributed by atoms with Gasteiger partial charge in [-0.15, -0.1) is 11.3 Å². The molecule has 0 radical (unpaired) electrons. The van der Waals surface area contributed by atoms with Crippen molar-refractivity contribution in [2.75, 3.05) is 19.5 Å². The Bertz CT molecular complexity index is 1210. The van der Waals surface area contributed by atoms with E-state index in [1.54, 1.807) is 23.0 Å². The third-order valence-electron chi connectivity index (χ3n) is 5.40. The predicted octanol–water partition coefficient (Wildman–Crippen LogP) is 2.47. The molecular weight excluding hydrogens is 460 g/mol. The first-order valence-corrected chi connectivity index (χ1v) is 12.7. The van der Waals surface area contributed by atoms with Gasteiger partial charge in [0.1, 0.15) is 4.83 Å². The van der Waals surface area contributed by atoms with Crippen molar-refractivity contribution in [1.82, 2.24) is 20.4 Å². The average molecular weight is 487 g/mol. The minimum atomic E-state index is -0.368. The maximum absolute atomic E-state index is 13.3. The molecule has 0 atom stereocenters. The summed E-state index contributed by atoms with van der Waals surface area (Å²) < 4.78 is 6.79. The molecule has 2 N–H and O–H groups in total. The van der Waals surface area contributed by atoms with E-state index in [4.69, 9.17) is 9.72 Å². The number of ether oxygens (including phenoxy) is 1. The molecule has 2 amide bonds. The monoisotopic (exact) mass is 486 g/mol. The number of hydrazine groups is 1. The number of aryl methyl sites for hydroxylation is 2. The van der Waals surface area contributed by atoms with Gasteiger partial charge in [0.15, 0.2) is 5.16 Å². The number of rotatable bonds is 9. The number of hydrogen-bond donors (Lipinski definition) is 2. The number of benzene rings is 1. The van der Waals surface area contributed by atoms with Gasteiger partial charge in [0.25, 0.3) is 5.56 Å². The first-order valence-electron chi connectivity index (χ1n) is 10.8. The molecule has 33 heavy (non-hydrogen) atoms. The van der Waals surface area contributed by atoms with Crippen LogP contribution < -0.4 is 16.4 Å². The van der Waals surface area contributed by atoms with Crippen LogP contribution in [0.4, 0.5) is 0 Å². The van der Waals surface area contributed by atoms with Gasteiger partial charge in [-0.2, -0.15) is 0 Å². The van der Waals surface area contributed by atoms with Crippen molar-refractivity contribution < 1.29 is 14.3 Å². The molecule has 0 saturated heterocycles. The number of methoxy groups -OCH3 is 1. The van der Waals surface area contributed by atoms with Crippen LogP contribution in [0.5, 0.6) is 0 Å². The van der Waals surface area contributed by atoms with E-state index >= 15 is 0 Å². The highest BCUT2D eigenvalue weighted by Gasteiger charge is 2.23. The Hall–Kier alpha value is -2.69. The highest BCUT2D eigenvalue weighted by Crippen LogP contribution is 2.35. The molecular formula is C23H26N4O4S2. The lowest BCUT2D eigenvalue weighted by Crippen LogP contribution is -2.43. The van der Waals surface area contributed by atoms with Crippen molar-refractivity contribution in [1.29, 1.82) is 0 Å². The molecule has 0 spiro atoms. The molecule has 3 aromatic rings. The zero-order chi connectivity index (χ0) is 23.2. The molecule has 2 aromatic heterocycles. The number of carbonyl (C=O) groups excluding carboxylic acids is 2. The van der Waals surface area contributed by atoms with E-state index in [1.807, 2.05) is 30.3 Å². The number of hydrogen-bond acceptors (Lipinski definition) is 7. The fourth-order valence-corrected chi connectivity index (χ4v) is 5.99. The Kier molecular flexibility index (Phi) is 7.79. The molecule has 0 aliphatic heterocycles. The second-order valence-electron chi connectivity index (χ2n) is 7.78. The zero-order valence-electron chi connectivity index (χ0n) is 18.4. The second-order valence-corrected chi connectivity index (χ2v) is 9.81. The fraction of sp³-hybridized carbons (Fsp3) is 0.391. The van der Waals surface area contributed by atoms with Crippen LogP contribution in [0.15, 0.2) is 40.3 Å². The van der Waals surface area contributed by atoms with Gasteiger partial charge in [-0.25, -0.2) is 4.98 Å². The standard InChI is InChI=1S/C23H26N4O4S2/c1-31-12-6-11-27-22(30)20-16-9-5-10-17(16)33-21(20)24-23(27)32-14-19(29)26-25-18(28)13-15-7-3-2-4-8-15/h2-4,7-8H,5-6,9-14H2,1H3,(H,25,28)(H,26,29). The van der Waals surface area contributed by atoms with E-state index in [0.717, 1.165) is 40.6 Å². The van der Waals surface area contributed by atoms with E-state index in [1.165, 1.54) is 16.6 Å². The van der Waals surface area contributed by atoms with Crippen molar-refractivity contribution in [3.8, 4) is 0 Å². The van der Waals surface area contributed by atoms with Crippen LogP contribution >= 0.6 is 23.1 Å². The maximum Gasteiger partial charge on any atom is 0.263 e. The topological polar surface area (TPSA) is 102 Å². The normalized spacial score (nSPS) is 12.6. The van der Waals surface area contributed by atoms with Crippen LogP contribution in [0, 0.1) is 0 Å². The number of nitrogens with zero attached hydrogens (tertiary/aromatic N) is 2. The Morgan fingerprint density at radius 2 is 1.97 bits per heavy atom. The summed E-state index contributed by atoms with van der Waals surface area (Å²) in [5.41, 5.74) is 6.83. The van der Waals surface area contributed by atoms with Crippen LogP contribution in [-0.2, 0) is 40.1 Å². The molecule has 0 fully saturated rings. The van der Waals surface area contributed by atoms with Crippen molar-refractivity contribution >= 4 is 45.1 Å². The van der Waals surface area contributed by atoms with Crippen molar-refractivity contribution in [2.45, 2.75) is 43.8 Å². The minimum absolute atomic E-state index is 0.0267. The number of aromatic nitrogens is 2. The molecule has 174 valence electrons. The summed E-state index contributed by atoms with van der Waals surface area (Å²) in [5, 5.41) is 1.24. The predicted molar refractivity (Wildman–Crippen MR) is 130 cm³/mol. The number of fused-ring (bicyclic) bond motifs is 3. The number of thiophene rings is 1. The molecule has 0 bridgehead atoms. The number of carbonyl (C=O) groups is 2. The molecule has 0 saturated carbocycles. The average Bonchev–Trinajstić information content (AvgIpc) is 3.39. The van der Waals surface area contributed by atoms with Crippen molar-refractivity contribution in [3.05, 3.63) is 56.7 Å². The second kappa shape index (κ2) is 11.0. The summed E-state index contributed by atoms with van der Waals surface area (Å²) in [6.45, 7) is 1.00. The SMILES string of the molecule is COCCCn1c(SCC(=O)NNC(=O)Cc2ccccc2)nc2sc3c(c2c1=O)CCC3. The Morgan fingerprint density at radius 3 is 2.76 bits per heavy atom. The van der Waals surface area contributed by atoms with E-state index < -0.39 is 0 Å². The molecule has 2 heterocycles. The van der Waals surface area contributed by atoms with Crippen LogP contribution in [0.3, 0.4) is 0 Å². The summed E-state index contributed by atoms with van der Waals surface area (Å²) in [7, 11) is 1.63. The largest absolute Gasteiger partial charge is 0.385 e. The fourth-order valence-electron chi connectivity index (χ4n) is 3.86. The lowest BCUT2D eigenvalue weighted by Gasteiger charge is -2.12. The van der Waals surface area contributed by atoms with Gasteiger partial charge >= 0.3 is 0 Å². The van der Waals surface area contributed by atoms with Crippen LogP contribution in [0.25, 0.3) is 10.2 Å². The molecule has 0 unspecified atom stereocenters. The van der Waals surface area contributed by atoms with Gasteiger partial charge in [0.05, 0.1) is 17.6 Å². The first-order chi connectivity index (χ1) is 16.1. The van der Waals surface area contributed by atoms with Gasteiger partial charge < -0.3 is 4.74 Å². The summed E-state index contributed by atoms with van der Waals surface area (Å²) in [6, 6.07) is 9.29. The smallest absolute Gasteiger partial charge is 0.263 e. The lowest BCUT2D eigenvalue weighted by molar-refractivity contribution is -0.127. The molecule has 1 aliphatic rings. The first kappa shape index (κ1) is 23.5. The molecule has 8 nitrogen and oxygen atoms in total. The summed E-state index contributed by atoms with van der Waals surface area (Å²) >= 11 is 2.77. The lowest BCUT2D eigenvalue weighted by atomic mass is 10.1. The Labute approximate surface area is 199 Å². The summed E-state index contributed by atoms with van der Waals surface area (Å²) in [6.07, 6.45) is 3.83. The molecule has 1 aromatic carbocycles. The quantitative estimate of drug-likeness (QED) is 0.209. The van der Waals surface area contributed by atoms with Gasteiger partial charge in [-0.05, 0) is 36.8 Å². The highest BCUT2D eigenvalue weighted by atomic mass is 32.2. The van der Waals surface area contributed by atoms with E-state index in [-0.39, 0.29) is 29.5 Å². The zero-order valence-corrected chi connectivity index (χ0v) is 20.0. The molecule has 4 rings (SSSR count). The molecule has 1 aliphatic carbocycles. The highest BCUT2D eigenvalue weighted by molar-refractivity contribution is 7.99. The van der Waals surface area contributed by atoms with E-state index in [9.17, 15) is 14.4 Å². The third kappa shape index (κ3) is 5.63. The van der Waals surface area contributed by atoms with Gasteiger partial charge in [0.2, 0.25) is 11.8 Å². The number of amides is 2.